The summed E-state index contributed by atoms with van der Waals surface area (Å²) in [6, 6.07) is 0.366. The van der Waals surface area contributed by atoms with E-state index in [-0.39, 0.29) is 34.1 Å². The Morgan fingerprint density at radius 2 is 1.66 bits per heavy atom. The molecule has 1 heterocycles. The average molecular weight is 407 g/mol. The molecule has 0 spiro atoms. The van der Waals surface area contributed by atoms with Crippen LogP contribution >= 0.6 is 0 Å². The van der Waals surface area contributed by atoms with Gasteiger partial charge in [0.15, 0.2) is 0 Å². The van der Waals surface area contributed by atoms with Gasteiger partial charge in [0.25, 0.3) is 0 Å². The summed E-state index contributed by atoms with van der Waals surface area (Å²) in [6.07, 6.45) is 8.71. The number of hydrogen-bond acceptors (Lipinski definition) is 3. The van der Waals surface area contributed by atoms with Crippen LogP contribution < -0.4 is 10.6 Å². The van der Waals surface area contributed by atoms with Crippen molar-refractivity contribution in [3.05, 3.63) is 0 Å². The lowest BCUT2D eigenvalue weighted by atomic mass is 9.47. The van der Waals surface area contributed by atoms with E-state index in [2.05, 4.69) is 45.3 Å². The van der Waals surface area contributed by atoms with E-state index in [1.54, 1.807) is 0 Å². The molecule has 4 rings (SSSR count). The summed E-state index contributed by atoms with van der Waals surface area (Å²) in [4.78, 5) is 25.0. The van der Waals surface area contributed by atoms with Crippen molar-refractivity contribution in [2.75, 3.05) is 7.11 Å². The number of aliphatic hydroxyl groups is 1. The lowest BCUT2D eigenvalue weighted by molar-refractivity contribution is -0.142. The fraction of sp³-hybridized carbons (Fsp3) is 0.917. The smallest absolute Gasteiger partial charge is 0.224 e. The predicted octanol–water partition coefficient (Wildman–Crippen LogP) is 3.65. The third-order valence-electron chi connectivity index (χ3n) is 8.91. The molecule has 29 heavy (non-hydrogen) atoms. The number of piperidine rings is 1. The van der Waals surface area contributed by atoms with Crippen LogP contribution in [0.2, 0.25) is 0 Å². The van der Waals surface area contributed by atoms with Crippen LogP contribution in [0.4, 0.5) is 0 Å². The highest BCUT2D eigenvalue weighted by molar-refractivity contribution is 5.80. The van der Waals surface area contributed by atoms with Crippen LogP contribution in [0.3, 0.4) is 0 Å². The number of nitrogens with one attached hydrogen (secondary N) is 2. The maximum absolute atomic E-state index is 13.0. The second-order valence-electron chi connectivity index (χ2n) is 11.5. The first kappa shape index (κ1) is 22.6. The zero-order chi connectivity index (χ0) is 21.6. The normalized spacial score (nSPS) is 43.7. The van der Waals surface area contributed by atoms with Gasteiger partial charge in [0.1, 0.15) is 0 Å². The Labute approximate surface area is 176 Å². The summed E-state index contributed by atoms with van der Waals surface area (Å²) in [5.74, 6) is 2.79. The van der Waals surface area contributed by atoms with E-state index in [9.17, 15) is 9.59 Å². The van der Waals surface area contributed by atoms with Crippen molar-refractivity contribution in [3.8, 4) is 0 Å². The minimum absolute atomic E-state index is 0.150. The van der Waals surface area contributed by atoms with Gasteiger partial charge in [-0.3, -0.25) is 9.59 Å². The highest BCUT2D eigenvalue weighted by Crippen LogP contribution is 2.65. The molecule has 1 saturated heterocycles. The first-order valence-electron chi connectivity index (χ1n) is 11.6. The second kappa shape index (κ2) is 7.86. The number of amides is 2. The summed E-state index contributed by atoms with van der Waals surface area (Å²) in [5, 5.41) is 13.6. The minimum atomic E-state index is -0.158. The molecule has 0 aromatic rings. The second-order valence-corrected chi connectivity index (χ2v) is 11.5. The van der Waals surface area contributed by atoms with E-state index < -0.39 is 0 Å². The predicted molar refractivity (Wildman–Crippen MR) is 115 cm³/mol. The Bertz CT molecular complexity index is 643. The molecule has 5 heteroatoms. The van der Waals surface area contributed by atoms with Gasteiger partial charge < -0.3 is 15.7 Å². The van der Waals surface area contributed by atoms with E-state index in [0.717, 1.165) is 38.7 Å². The quantitative estimate of drug-likeness (QED) is 0.622. The van der Waals surface area contributed by atoms with Gasteiger partial charge in [-0.2, -0.15) is 0 Å². The van der Waals surface area contributed by atoms with Crippen molar-refractivity contribution >= 4 is 11.8 Å². The fourth-order valence-electron chi connectivity index (χ4n) is 7.59. The van der Waals surface area contributed by atoms with Crippen LogP contribution in [-0.4, -0.2) is 35.6 Å². The van der Waals surface area contributed by atoms with Crippen LogP contribution in [0.15, 0.2) is 0 Å². The van der Waals surface area contributed by atoms with E-state index in [1.807, 2.05) is 0 Å². The van der Waals surface area contributed by atoms with E-state index in [4.69, 9.17) is 5.11 Å². The van der Waals surface area contributed by atoms with Gasteiger partial charge in [0.05, 0.1) is 0 Å². The minimum Gasteiger partial charge on any atom is -0.400 e. The third-order valence-corrected chi connectivity index (χ3v) is 8.91. The summed E-state index contributed by atoms with van der Waals surface area (Å²) in [6.45, 7) is 11.1. The first-order valence-corrected chi connectivity index (χ1v) is 11.6. The molecule has 4 fully saturated rings. The molecule has 0 bridgehead atoms. The van der Waals surface area contributed by atoms with Crippen molar-refractivity contribution in [1.82, 2.24) is 10.6 Å². The van der Waals surface area contributed by atoms with E-state index >= 15 is 0 Å². The number of hydrogen-bond donors (Lipinski definition) is 3. The fourth-order valence-corrected chi connectivity index (χ4v) is 7.59. The van der Waals surface area contributed by atoms with Crippen molar-refractivity contribution in [2.45, 2.75) is 97.6 Å². The van der Waals surface area contributed by atoms with Gasteiger partial charge in [-0.1, -0.05) is 13.8 Å². The summed E-state index contributed by atoms with van der Waals surface area (Å²) >= 11 is 0. The lowest BCUT2D eigenvalue weighted by Crippen LogP contribution is -2.61. The van der Waals surface area contributed by atoms with Gasteiger partial charge in [-0.15, -0.1) is 0 Å². The highest BCUT2D eigenvalue weighted by Gasteiger charge is 2.61. The molecule has 7 atom stereocenters. The van der Waals surface area contributed by atoms with Crippen LogP contribution in [-0.2, 0) is 9.59 Å². The summed E-state index contributed by atoms with van der Waals surface area (Å²) < 4.78 is 0. The molecule has 166 valence electrons. The van der Waals surface area contributed by atoms with Crippen LogP contribution in [0.5, 0.6) is 0 Å². The number of aliphatic hydroxyl groups excluding tert-OH is 1. The zero-order valence-electron chi connectivity index (χ0n) is 19.3. The van der Waals surface area contributed by atoms with Gasteiger partial charge in [-0.05, 0) is 94.3 Å². The van der Waals surface area contributed by atoms with Crippen molar-refractivity contribution in [1.29, 1.82) is 0 Å². The van der Waals surface area contributed by atoms with Crippen molar-refractivity contribution in [3.63, 3.8) is 0 Å². The number of carbonyl (C=O) groups excluding carboxylic acids is 2. The number of rotatable bonds is 1. The largest absolute Gasteiger partial charge is 0.400 e. The van der Waals surface area contributed by atoms with Gasteiger partial charge >= 0.3 is 0 Å². The van der Waals surface area contributed by atoms with Crippen molar-refractivity contribution in [2.24, 2.45) is 34.5 Å². The first-order chi connectivity index (χ1) is 13.5. The number of fused-ring (bicyclic) bond motifs is 5. The summed E-state index contributed by atoms with van der Waals surface area (Å²) in [5.41, 5.74) is 0.246. The Morgan fingerprint density at radius 3 is 2.31 bits per heavy atom. The maximum Gasteiger partial charge on any atom is 0.224 e. The summed E-state index contributed by atoms with van der Waals surface area (Å²) in [7, 11) is 1.00. The van der Waals surface area contributed by atoms with Crippen LogP contribution in [0.25, 0.3) is 0 Å². The van der Waals surface area contributed by atoms with E-state index in [1.165, 1.54) is 19.3 Å². The topological polar surface area (TPSA) is 78.4 Å². The molecule has 3 N–H and O–H groups in total. The SMILES string of the molecule is CC(C)(C)NC(=O)[C@H]1CC[C@H]2[C@@H]3CC[C@@H]4NC(=O)CC[C@]4(C)[C@H]3CC[C@]12C.CO. The Morgan fingerprint density at radius 1 is 1.00 bits per heavy atom. The molecule has 3 aliphatic carbocycles. The molecular weight excluding hydrogens is 364 g/mol. The van der Waals surface area contributed by atoms with Gasteiger partial charge in [-0.25, -0.2) is 0 Å². The Hall–Kier alpha value is -1.10. The van der Waals surface area contributed by atoms with Gasteiger partial charge in [0, 0.05) is 31.0 Å². The van der Waals surface area contributed by atoms with Crippen molar-refractivity contribution < 1.29 is 14.7 Å². The molecular formula is C24H42N2O3. The molecule has 2 amide bonds. The molecule has 3 saturated carbocycles. The standard InChI is InChI=1S/C23H38N2O2.CH4O/c1-21(2,3)25-20(27)17-8-7-15-14-6-9-18-23(5,13-11-19(26)24-18)16(14)10-12-22(15,17)4;1-2/h14-18H,6-13H2,1-5H3,(H,24,26)(H,25,27);2H,1H3/t14-,15-,16-,17+,18-,22-,23+;/m0./s1. The molecule has 0 aromatic carbocycles. The molecule has 5 nitrogen and oxygen atoms in total. The Kier molecular flexibility index (Phi) is 6.12. The van der Waals surface area contributed by atoms with Gasteiger partial charge in [0.2, 0.25) is 11.8 Å². The molecule has 0 aromatic heterocycles. The van der Waals surface area contributed by atoms with Crippen LogP contribution in [0.1, 0.15) is 86.0 Å². The maximum atomic E-state index is 13.0. The third kappa shape index (κ3) is 3.84. The number of carbonyl (C=O) groups is 2. The Balaban J connectivity index is 0.00000117. The molecule has 4 aliphatic rings. The average Bonchev–Trinajstić information content (AvgIpc) is 3.00. The molecule has 0 radical (unpaired) electrons. The molecule has 0 unspecified atom stereocenters. The van der Waals surface area contributed by atoms with Crippen LogP contribution in [0, 0.1) is 34.5 Å². The molecule has 1 aliphatic heterocycles. The zero-order valence-corrected chi connectivity index (χ0v) is 19.3. The lowest BCUT2D eigenvalue weighted by Gasteiger charge is -2.60. The van der Waals surface area contributed by atoms with E-state index in [0.29, 0.717) is 24.3 Å². The monoisotopic (exact) mass is 406 g/mol. The highest BCUT2D eigenvalue weighted by atomic mass is 16.2.